The van der Waals surface area contributed by atoms with Crippen LogP contribution in [0.4, 0.5) is 15.8 Å². The van der Waals surface area contributed by atoms with Crippen molar-refractivity contribution in [3.05, 3.63) is 22.9 Å². The van der Waals surface area contributed by atoms with Crippen LogP contribution in [-0.4, -0.2) is 105 Å². The molecule has 1 aromatic heterocycles. The number of hydrogen-bond acceptors (Lipinski definition) is 10. The van der Waals surface area contributed by atoms with Gasteiger partial charge >= 0.3 is 0 Å². The molecular weight excluding hydrogens is 481 g/mol. The molecule has 0 aromatic carbocycles. The Balaban J connectivity index is 1.47. The first-order valence-corrected chi connectivity index (χ1v) is 13.0. The van der Waals surface area contributed by atoms with Crippen LogP contribution >= 0.6 is 0 Å². The molecule has 4 atom stereocenters. The Bertz CT molecular complexity index is 969. The Morgan fingerprint density at radius 1 is 1.22 bits per heavy atom. The van der Waals surface area contributed by atoms with Gasteiger partial charge in [0, 0.05) is 64.5 Å². The Kier molecular flexibility index (Phi) is 9.00. The fourth-order valence-electron chi connectivity index (χ4n) is 5.63. The first-order chi connectivity index (χ1) is 17.8. The van der Waals surface area contributed by atoms with Crippen LogP contribution in [0.3, 0.4) is 0 Å². The summed E-state index contributed by atoms with van der Waals surface area (Å²) in [7, 11) is 1.67. The number of piperazine rings is 1. The zero-order chi connectivity index (χ0) is 26.5. The van der Waals surface area contributed by atoms with Crippen molar-refractivity contribution in [3.63, 3.8) is 0 Å². The molecule has 4 rings (SSSR count). The molecule has 3 saturated heterocycles. The molecule has 3 fully saturated rings. The molecule has 0 spiro atoms. The third-order valence-corrected chi connectivity index (χ3v) is 7.59. The molecule has 0 aliphatic carbocycles. The maximum absolute atomic E-state index is 13.8. The van der Waals surface area contributed by atoms with Gasteiger partial charge in [0.05, 0.1) is 23.7 Å². The Hall–Kier alpha value is -2.74. The fraction of sp³-hybridized carbons (Fsp3) is 0.708. The lowest BCUT2D eigenvalue weighted by molar-refractivity contribution is -0.136. The molecule has 1 aromatic rings. The van der Waals surface area contributed by atoms with E-state index in [1.807, 2.05) is 11.8 Å². The van der Waals surface area contributed by atoms with E-state index in [1.54, 1.807) is 24.3 Å². The van der Waals surface area contributed by atoms with E-state index in [2.05, 4.69) is 31.0 Å². The van der Waals surface area contributed by atoms with E-state index in [4.69, 9.17) is 5.73 Å². The van der Waals surface area contributed by atoms with Gasteiger partial charge in [-0.05, 0) is 32.4 Å². The molecule has 2 amide bonds. The SMILES string of the molecule is Cc1cncc(NC(=O)C(C(N)N=O)C2NCC(F)CN2C)c1N1CCC(C(=O)N2CCNCC2)CC1. The number of halogens is 1. The minimum Gasteiger partial charge on any atom is -0.370 e. The highest BCUT2D eigenvalue weighted by Crippen LogP contribution is 2.33. The summed E-state index contributed by atoms with van der Waals surface area (Å²) in [6.45, 7) is 6.57. The van der Waals surface area contributed by atoms with Crippen molar-refractivity contribution in [2.45, 2.75) is 38.3 Å². The number of carbonyl (C=O) groups is 2. The number of nitrogens with two attached hydrogens (primary N) is 1. The van der Waals surface area contributed by atoms with E-state index in [9.17, 15) is 18.9 Å². The van der Waals surface area contributed by atoms with Crippen molar-refractivity contribution >= 4 is 23.2 Å². The Morgan fingerprint density at radius 2 is 1.92 bits per heavy atom. The van der Waals surface area contributed by atoms with Crippen LogP contribution in [0.15, 0.2) is 17.6 Å². The number of nitrogens with one attached hydrogen (secondary N) is 3. The van der Waals surface area contributed by atoms with Crippen LogP contribution in [0, 0.1) is 23.7 Å². The third-order valence-electron chi connectivity index (χ3n) is 7.59. The number of hydrogen-bond donors (Lipinski definition) is 4. The topological polar surface area (TPSA) is 148 Å². The number of nitroso groups, excluding NO2 is 1. The van der Waals surface area contributed by atoms with Crippen LogP contribution in [0.5, 0.6) is 0 Å². The molecule has 204 valence electrons. The molecule has 0 saturated carbocycles. The summed E-state index contributed by atoms with van der Waals surface area (Å²) in [5.41, 5.74) is 8.16. The van der Waals surface area contributed by atoms with E-state index in [0.717, 1.165) is 50.3 Å². The average Bonchev–Trinajstić information content (AvgIpc) is 2.90. The minimum absolute atomic E-state index is 0.0113. The molecular formula is C24H38FN9O3. The van der Waals surface area contributed by atoms with Crippen LogP contribution in [0.2, 0.25) is 0 Å². The van der Waals surface area contributed by atoms with Gasteiger partial charge in [-0.1, -0.05) is 5.18 Å². The molecule has 4 heterocycles. The number of pyridine rings is 1. The van der Waals surface area contributed by atoms with Gasteiger partial charge in [-0.25, -0.2) is 4.39 Å². The molecule has 0 radical (unpaired) electrons. The molecule has 3 aliphatic heterocycles. The number of amides is 2. The summed E-state index contributed by atoms with van der Waals surface area (Å²) in [4.78, 5) is 47.8. The molecule has 4 unspecified atom stereocenters. The summed E-state index contributed by atoms with van der Waals surface area (Å²) in [6.07, 6.45) is 1.71. The monoisotopic (exact) mass is 519 g/mol. The fourth-order valence-corrected chi connectivity index (χ4v) is 5.63. The van der Waals surface area contributed by atoms with E-state index < -0.39 is 30.3 Å². The minimum atomic E-state index is -1.32. The molecule has 37 heavy (non-hydrogen) atoms. The number of aromatic nitrogens is 1. The van der Waals surface area contributed by atoms with E-state index in [-0.39, 0.29) is 24.9 Å². The number of anilines is 2. The van der Waals surface area contributed by atoms with Crippen LogP contribution in [0.25, 0.3) is 0 Å². The standard InChI is InChI=1S/C24H38FN9O3/c1-15-11-28-13-18(30-23(35)19(21(26)31-37)22-29-12-17(25)14-32(22)2)20(15)33-7-3-16(4-8-33)24(36)34-9-5-27-6-10-34/h11,13,16-17,19,21-22,27,29H,3-10,12,14,26H2,1-2H3,(H,30,35). The molecule has 0 bridgehead atoms. The van der Waals surface area contributed by atoms with Gasteiger partial charge < -0.3 is 26.2 Å². The molecule has 3 aliphatic rings. The van der Waals surface area contributed by atoms with Gasteiger partial charge in [-0.3, -0.25) is 24.8 Å². The van der Waals surface area contributed by atoms with Gasteiger partial charge in [0.15, 0.2) is 6.17 Å². The lowest BCUT2D eigenvalue weighted by Crippen LogP contribution is -2.62. The highest BCUT2D eigenvalue weighted by Gasteiger charge is 2.40. The Morgan fingerprint density at radius 3 is 2.57 bits per heavy atom. The predicted octanol–water partition coefficient (Wildman–Crippen LogP) is -0.157. The normalized spacial score (nSPS) is 25.4. The van der Waals surface area contributed by atoms with Crippen molar-refractivity contribution in [3.8, 4) is 0 Å². The second-order valence-corrected chi connectivity index (χ2v) is 10.2. The number of carbonyl (C=O) groups excluding carboxylic acids is 2. The van der Waals surface area contributed by atoms with Crippen molar-refractivity contribution < 1.29 is 14.0 Å². The second kappa shape index (κ2) is 12.2. The van der Waals surface area contributed by atoms with Crippen molar-refractivity contribution in [2.24, 2.45) is 22.7 Å². The first-order valence-electron chi connectivity index (χ1n) is 13.0. The smallest absolute Gasteiger partial charge is 0.234 e. The molecule has 5 N–H and O–H groups in total. The number of aryl methyl sites for hydroxylation is 1. The lowest BCUT2D eigenvalue weighted by atomic mass is 9.94. The quantitative estimate of drug-likeness (QED) is 0.361. The predicted molar refractivity (Wildman–Crippen MR) is 139 cm³/mol. The summed E-state index contributed by atoms with van der Waals surface area (Å²) in [6, 6.07) is 0. The zero-order valence-corrected chi connectivity index (χ0v) is 21.5. The van der Waals surface area contributed by atoms with Crippen LogP contribution < -0.4 is 26.6 Å². The summed E-state index contributed by atoms with van der Waals surface area (Å²) in [5, 5.41) is 12.1. The number of nitrogens with zero attached hydrogens (tertiary/aromatic N) is 5. The van der Waals surface area contributed by atoms with Gasteiger partial charge in [0.25, 0.3) is 0 Å². The van der Waals surface area contributed by atoms with Crippen molar-refractivity contribution in [1.82, 2.24) is 25.4 Å². The zero-order valence-electron chi connectivity index (χ0n) is 21.5. The highest BCUT2D eigenvalue weighted by molar-refractivity contribution is 5.97. The van der Waals surface area contributed by atoms with E-state index >= 15 is 0 Å². The van der Waals surface area contributed by atoms with Gasteiger partial charge in [0.1, 0.15) is 12.1 Å². The summed E-state index contributed by atoms with van der Waals surface area (Å²) in [5.74, 6) is -1.32. The lowest BCUT2D eigenvalue weighted by Gasteiger charge is -2.40. The van der Waals surface area contributed by atoms with Crippen LogP contribution in [0.1, 0.15) is 18.4 Å². The number of alkyl halides is 1. The van der Waals surface area contributed by atoms with E-state index in [1.165, 1.54) is 0 Å². The second-order valence-electron chi connectivity index (χ2n) is 10.2. The molecule has 12 nitrogen and oxygen atoms in total. The van der Waals surface area contributed by atoms with Crippen molar-refractivity contribution in [1.29, 1.82) is 0 Å². The highest BCUT2D eigenvalue weighted by atomic mass is 19.1. The third kappa shape index (κ3) is 6.22. The molecule has 13 heteroatoms. The average molecular weight is 520 g/mol. The number of rotatable bonds is 7. The van der Waals surface area contributed by atoms with Gasteiger partial charge in [-0.2, -0.15) is 0 Å². The van der Waals surface area contributed by atoms with Crippen molar-refractivity contribution in [2.75, 3.05) is 69.6 Å². The first kappa shape index (κ1) is 27.3. The maximum atomic E-state index is 13.8. The van der Waals surface area contributed by atoms with Gasteiger partial charge in [0.2, 0.25) is 11.8 Å². The van der Waals surface area contributed by atoms with Gasteiger partial charge in [-0.15, -0.1) is 4.91 Å². The summed E-state index contributed by atoms with van der Waals surface area (Å²) < 4.78 is 13.8. The summed E-state index contributed by atoms with van der Waals surface area (Å²) >= 11 is 0. The van der Waals surface area contributed by atoms with E-state index in [0.29, 0.717) is 18.8 Å². The Labute approximate surface area is 216 Å². The largest absolute Gasteiger partial charge is 0.370 e. The van der Waals surface area contributed by atoms with Crippen LogP contribution in [-0.2, 0) is 9.59 Å². The number of piperidine rings is 1. The maximum Gasteiger partial charge on any atom is 0.234 e.